The van der Waals surface area contributed by atoms with Gasteiger partial charge in [-0.3, -0.25) is 0 Å². The second-order valence-corrected chi connectivity index (χ2v) is 14.4. The van der Waals surface area contributed by atoms with E-state index < -0.39 is 0 Å². The molecule has 0 aromatic rings. The third kappa shape index (κ3) is 16.6. The molecule has 0 saturated heterocycles. The Morgan fingerprint density at radius 1 is 0.778 bits per heavy atom. The second kappa shape index (κ2) is 15.4. The number of hydrogen-bond acceptors (Lipinski definition) is 6. The molecule has 1 rings (SSSR count). The number of nitrogens with one attached hydrogen (secondary N) is 2. The molecule has 36 heavy (non-hydrogen) atoms. The summed E-state index contributed by atoms with van der Waals surface area (Å²) in [4.78, 5) is 0. The van der Waals surface area contributed by atoms with Crippen molar-refractivity contribution >= 4 is 0 Å². The van der Waals surface area contributed by atoms with E-state index in [1.165, 1.54) is 0 Å². The molecular formula is C30H62N2O4. The summed E-state index contributed by atoms with van der Waals surface area (Å²) in [6.07, 6.45) is 6.03. The number of hydrogen-bond donors (Lipinski definition) is 2. The zero-order chi connectivity index (χ0) is 27.5. The highest BCUT2D eigenvalue weighted by Crippen LogP contribution is 2.28. The lowest BCUT2D eigenvalue weighted by Gasteiger charge is -2.40. The van der Waals surface area contributed by atoms with Gasteiger partial charge in [0.05, 0.1) is 38.6 Å². The van der Waals surface area contributed by atoms with Crippen LogP contribution in [0.25, 0.3) is 0 Å². The SMILES string of the molecule is C[C@H](OCCCOCCNC(C)(C)CCC(C)(C)COCCO[C@H]1C[C@H](NC(C)(C)C)C1)C(C)(C)C. The first kappa shape index (κ1) is 33.8. The smallest absolute Gasteiger partial charge is 0.0704 e. The second-order valence-electron chi connectivity index (χ2n) is 14.4. The molecule has 0 radical (unpaired) electrons. The van der Waals surface area contributed by atoms with Crippen molar-refractivity contribution in [2.24, 2.45) is 10.8 Å². The topological polar surface area (TPSA) is 61.0 Å². The van der Waals surface area contributed by atoms with Gasteiger partial charge >= 0.3 is 0 Å². The van der Waals surface area contributed by atoms with Gasteiger partial charge in [0.25, 0.3) is 0 Å². The molecule has 1 aliphatic carbocycles. The van der Waals surface area contributed by atoms with E-state index >= 15 is 0 Å². The highest BCUT2D eigenvalue weighted by atomic mass is 16.5. The molecule has 216 valence electrons. The van der Waals surface area contributed by atoms with Gasteiger partial charge in [-0.25, -0.2) is 0 Å². The maximum Gasteiger partial charge on any atom is 0.0704 e. The fraction of sp³-hybridized carbons (Fsp3) is 1.00. The molecule has 6 heteroatoms. The van der Waals surface area contributed by atoms with Crippen LogP contribution in [0.4, 0.5) is 0 Å². The zero-order valence-corrected chi connectivity index (χ0v) is 25.9. The maximum absolute atomic E-state index is 5.98. The predicted molar refractivity (Wildman–Crippen MR) is 152 cm³/mol. The van der Waals surface area contributed by atoms with E-state index in [1.54, 1.807) is 0 Å². The summed E-state index contributed by atoms with van der Waals surface area (Å²) < 4.78 is 23.6. The van der Waals surface area contributed by atoms with Gasteiger partial charge in [0.1, 0.15) is 0 Å². The van der Waals surface area contributed by atoms with Crippen molar-refractivity contribution in [2.45, 2.75) is 138 Å². The fourth-order valence-corrected chi connectivity index (χ4v) is 4.10. The van der Waals surface area contributed by atoms with Gasteiger partial charge in [0.15, 0.2) is 0 Å². The molecule has 0 aromatic carbocycles. The van der Waals surface area contributed by atoms with Gasteiger partial charge in [-0.1, -0.05) is 34.6 Å². The highest BCUT2D eigenvalue weighted by Gasteiger charge is 2.32. The van der Waals surface area contributed by atoms with Gasteiger partial charge in [-0.15, -0.1) is 0 Å². The third-order valence-corrected chi connectivity index (χ3v) is 7.10. The molecule has 1 aliphatic rings. The first-order chi connectivity index (χ1) is 16.5. The van der Waals surface area contributed by atoms with Crippen molar-refractivity contribution in [2.75, 3.05) is 46.2 Å². The van der Waals surface area contributed by atoms with Crippen LogP contribution >= 0.6 is 0 Å². The molecule has 0 spiro atoms. The van der Waals surface area contributed by atoms with E-state index in [4.69, 9.17) is 18.9 Å². The van der Waals surface area contributed by atoms with Crippen molar-refractivity contribution < 1.29 is 18.9 Å². The number of rotatable bonds is 19. The molecule has 0 amide bonds. The Balaban J connectivity index is 2.03. The molecule has 1 atom stereocenters. The van der Waals surface area contributed by atoms with Crippen LogP contribution in [-0.4, -0.2) is 75.5 Å². The lowest BCUT2D eigenvalue weighted by molar-refractivity contribution is -0.0542. The quantitative estimate of drug-likeness (QED) is 0.207. The molecular weight excluding hydrogens is 452 g/mol. The van der Waals surface area contributed by atoms with E-state index in [0.717, 1.165) is 65.1 Å². The highest BCUT2D eigenvalue weighted by molar-refractivity contribution is 4.90. The van der Waals surface area contributed by atoms with Gasteiger partial charge in [0.2, 0.25) is 0 Å². The Labute approximate surface area is 224 Å². The van der Waals surface area contributed by atoms with Crippen molar-refractivity contribution in [1.82, 2.24) is 10.6 Å². The normalized spacial score (nSPS) is 20.4. The largest absolute Gasteiger partial charge is 0.380 e. The fourth-order valence-electron chi connectivity index (χ4n) is 4.10. The molecule has 1 fully saturated rings. The van der Waals surface area contributed by atoms with Crippen molar-refractivity contribution in [3.8, 4) is 0 Å². The minimum absolute atomic E-state index is 0.0802. The van der Waals surface area contributed by atoms with Crippen molar-refractivity contribution in [1.29, 1.82) is 0 Å². The molecule has 0 heterocycles. The van der Waals surface area contributed by atoms with Crippen LogP contribution in [0.3, 0.4) is 0 Å². The minimum Gasteiger partial charge on any atom is -0.380 e. The van der Waals surface area contributed by atoms with Crippen molar-refractivity contribution in [3.63, 3.8) is 0 Å². The molecule has 0 unspecified atom stereocenters. The first-order valence-electron chi connectivity index (χ1n) is 14.4. The Kier molecular flexibility index (Phi) is 14.4. The summed E-state index contributed by atoms with van der Waals surface area (Å²) in [6, 6.07) is 0.597. The van der Waals surface area contributed by atoms with Crippen LogP contribution in [0.5, 0.6) is 0 Å². The van der Waals surface area contributed by atoms with Gasteiger partial charge in [-0.2, -0.15) is 0 Å². The zero-order valence-electron chi connectivity index (χ0n) is 25.9. The Bertz CT molecular complexity index is 574. The van der Waals surface area contributed by atoms with E-state index in [-0.39, 0.29) is 28.0 Å². The summed E-state index contributed by atoms with van der Waals surface area (Å²) in [5.41, 5.74) is 0.604. The molecule has 0 bridgehead atoms. The average molecular weight is 515 g/mol. The van der Waals surface area contributed by atoms with E-state index in [2.05, 4.69) is 86.8 Å². The van der Waals surface area contributed by atoms with E-state index in [0.29, 0.717) is 25.4 Å². The maximum atomic E-state index is 5.98. The molecule has 0 aromatic heterocycles. The van der Waals surface area contributed by atoms with Crippen LogP contribution in [-0.2, 0) is 18.9 Å². The van der Waals surface area contributed by atoms with Gasteiger partial charge in [0, 0.05) is 36.9 Å². The monoisotopic (exact) mass is 514 g/mol. The molecule has 2 N–H and O–H groups in total. The van der Waals surface area contributed by atoms with E-state index in [9.17, 15) is 0 Å². The minimum atomic E-state index is 0.0802. The lowest BCUT2D eigenvalue weighted by atomic mass is 9.83. The molecule has 1 saturated carbocycles. The summed E-state index contributed by atoms with van der Waals surface area (Å²) in [6.45, 7) is 29.8. The average Bonchev–Trinajstić information content (AvgIpc) is 2.70. The van der Waals surface area contributed by atoms with Crippen LogP contribution in [0.2, 0.25) is 0 Å². The number of ether oxygens (including phenoxy) is 4. The van der Waals surface area contributed by atoms with E-state index in [1.807, 2.05) is 0 Å². The van der Waals surface area contributed by atoms with Crippen molar-refractivity contribution in [3.05, 3.63) is 0 Å². The van der Waals surface area contributed by atoms with Gasteiger partial charge in [-0.05, 0) is 84.5 Å². The van der Waals surface area contributed by atoms with Gasteiger partial charge < -0.3 is 29.6 Å². The van der Waals surface area contributed by atoms with Crippen LogP contribution in [0.15, 0.2) is 0 Å². The molecule has 0 aliphatic heterocycles. The van der Waals surface area contributed by atoms with Crippen LogP contribution in [0.1, 0.15) is 108 Å². The standard InChI is InChI=1S/C30H62N2O4/c1-24(27(2,3)4)35-17-12-16-33-18-15-31-30(10,11)14-13-29(8,9)23-34-19-20-36-26-21-25(22-26)32-28(5,6)7/h24-26,31-32H,12-23H2,1-11H3/t24-,25-,26-/m0/s1. The summed E-state index contributed by atoms with van der Waals surface area (Å²) in [7, 11) is 0. The van der Waals surface area contributed by atoms with Crippen LogP contribution < -0.4 is 10.6 Å². The Hall–Kier alpha value is -0.240. The molecule has 6 nitrogen and oxygen atoms in total. The predicted octanol–water partition coefficient (Wildman–Crippen LogP) is 5.97. The summed E-state index contributed by atoms with van der Waals surface area (Å²) in [5.74, 6) is 0. The first-order valence-corrected chi connectivity index (χ1v) is 14.4. The Morgan fingerprint density at radius 2 is 1.44 bits per heavy atom. The summed E-state index contributed by atoms with van der Waals surface area (Å²) >= 11 is 0. The third-order valence-electron chi connectivity index (χ3n) is 7.10. The Morgan fingerprint density at radius 3 is 2.06 bits per heavy atom. The lowest BCUT2D eigenvalue weighted by Crippen LogP contribution is -2.52. The summed E-state index contributed by atoms with van der Waals surface area (Å²) in [5, 5.41) is 7.30. The van der Waals surface area contributed by atoms with Crippen LogP contribution in [0, 0.1) is 10.8 Å².